The van der Waals surface area contributed by atoms with Crippen molar-refractivity contribution in [1.29, 1.82) is 0 Å². The Morgan fingerprint density at radius 2 is 2.00 bits per heavy atom. The van der Waals surface area contributed by atoms with Crippen LogP contribution in [0.2, 0.25) is 0 Å². The monoisotopic (exact) mass is 365 g/mol. The van der Waals surface area contributed by atoms with E-state index in [1.54, 1.807) is 11.3 Å². The number of guanidine groups is 1. The second-order valence-corrected chi connectivity index (χ2v) is 7.86. The van der Waals surface area contributed by atoms with Gasteiger partial charge in [-0.05, 0) is 32.6 Å². The summed E-state index contributed by atoms with van der Waals surface area (Å²) in [7, 11) is 0. The lowest BCUT2D eigenvalue weighted by atomic mass is 9.87. The van der Waals surface area contributed by atoms with Crippen LogP contribution < -0.4 is 16.0 Å². The maximum atomic E-state index is 12.0. The van der Waals surface area contributed by atoms with Crippen LogP contribution in [0.5, 0.6) is 0 Å². The number of amides is 1. The number of thiazole rings is 1. The number of hydrogen-bond donors (Lipinski definition) is 3. The molecule has 0 aliphatic heterocycles. The molecule has 6 nitrogen and oxygen atoms in total. The first kappa shape index (κ1) is 19.7. The molecule has 1 aromatic heterocycles. The lowest BCUT2D eigenvalue weighted by molar-refractivity contribution is -0.122. The molecule has 1 amide bonds. The quantitative estimate of drug-likeness (QED) is 0.376. The topological polar surface area (TPSA) is 78.4 Å². The van der Waals surface area contributed by atoms with Gasteiger partial charge in [0.05, 0.1) is 6.54 Å². The van der Waals surface area contributed by atoms with E-state index in [1.807, 2.05) is 20.0 Å². The number of aliphatic imine (C=N–C) groups is 1. The molecule has 0 aromatic carbocycles. The largest absolute Gasteiger partial charge is 0.357 e. The number of hydrogen-bond acceptors (Lipinski definition) is 4. The van der Waals surface area contributed by atoms with Crippen LogP contribution in [0.4, 0.5) is 0 Å². The van der Waals surface area contributed by atoms with Crippen LogP contribution in [0.3, 0.4) is 0 Å². The van der Waals surface area contributed by atoms with Gasteiger partial charge in [0, 0.05) is 37.1 Å². The third-order valence-electron chi connectivity index (χ3n) is 4.32. The van der Waals surface area contributed by atoms with E-state index in [4.69, 9.17) is 0 Å². The molecule has 0 saturated heterocycles. The zero-order chi connectivity index (χ0) is 17.9. The maximum Gasteiger partial charge on any atom is 0.220 e. The Hall–Kier alpha value is -1.63. The van der Waals surface area contributed by atoms with Crippen molar-refractivity contribution in [2.75, 3.05) is 19.6 Å². The predicted molar refractivity (Wildman–Crippen MR) is 104 cm³/mol. The van der Waals surface area contributed by atoms with Crippen LogP contribution in [-0.4, -0.2) is 36.5 Å². The molecule has 1 aromatic rings. The standard InChI is InChI=1S/C18H31N5OS/c1-3-19-18(23-13-17-22-12-14(2)25-17)21-10-9-20-16(24)11-15-7-5-4-6-8-15/h12,15H,3-11,13H2,1-2H3,(H,20,24)(H2,19,21,23). The molecule has 140 valence electrons. The fourth-order valence-corrected chi connectivity index (χ4v) is 3.78. The lowest BCUT2D eigenvalue weighted by Gasteiger charge is -2.20. The van der Waals surface area contributed by atoms with Gasteiger partial charge in [-0.25, -0.2) is 9.98 Å². The second-order valence-electron chi connectivity index (χ2n) is 6.54. The van der Waals surface area contributed by atoms with Crippen molar-refractivity contribution in [1.82, 2.24) is 20.9 Å². The summed E-state index contributed by atoms with van der Waals surface area (Å²) in [6, 6.07) is 0. The summed E-state index contributed by atoms with van der Waals surface area (Å²) < 4.78 is 0. The molecule has 2 rings (SSSR count). The summed E-state index contributed by atoms with van der Waals surface area (Å²) >= 11 is 1.67. The zero-order valence-electron chi connectivity index (χ0n) is 15.4. The highest BCUT2D eigenvalue weighted by atomic mass is 32.1. The van der Waals surface area contributed by atoms with Crippen molar-refractivity contribution >= 4 is 23.2 Å². The van der Waals surface area contributed by atoms with E-state index in [1.165, 1.54) is 37.0 Å². The molecule has 0 spiro atoms. The maximum absolute atomic E-state index is 12.0. The molecule has 25 heavy (non-hydrogen) atoms. The van der Waals surface area contributed by atoms with E-state index in [0.29, 0.717) is 32.0 Å². The molecule has 3 N–H and O–H groups in total. The molecule has 0 radical (unpaired) electrons. The Bertz CT molecular complexity index is 551. The summed E-state index contributed by atoms with van der Waals surface area (Å²) in [6.07, 6.45) is 8.85. The minimum absolute atomic E-state index is 0.175. The average Bonchev–Trinajstić information content (AvgIpc) is 3.02. The van der Waals surface area contributed by atoms with E-state index in [-0.39, 0.29) is 5.91 Å². The van der Waals surface area contributed by atoms with Gasteiger partial charge in [-0.1, -0.05) is 19.3 Å². The Balaban J connectivity index is 1.65. The van der Waals surface area contributed by atoms with Crippen LogP contribution in [0.25, 0.3) is 0 Å². The summed E-state index contributed by atoms with van der Waals surface area (Å²) in [4.78, 5) is 22.1. The molecule has 0 bridgehead atoms. The number of carbonyl (C=O) groups is 1. The smallest absolute Gasteiger partial charge is 0.220 e. The normalized spacial score (nSPS) is 15.8. The van der Waals surface area contributed by atoms with Crippen LogP contribution in [0.15, 0.2) is 11.2 Å². The van der Waals surface area contributed by atoms with E-state index >= 15 is 0 Å². The minimum atomic E-state index is 0.175. The van der Waals surface area contributed by atoms with E-state index in [2.05, 4.69) is 25.9 Å². The van der Waals surface area contributed by atoms with E-state index < -0.39 is 0 Å². The van der Waals surface area contributed by atoms with Crippen LogP contribution in [0.1, 0.15) is 55.3 Å². The summed E-state index contributed by atoms with van der Waals surface area (Å²) in [5.74, 6) is 1.52. The summed E-state index contributed by atoms with van der Waals surface area (Å²) in [6.45, 7) is 6.74. The van der Waals surface area contributed by atoms with Crippen molar-refractivity contribution < 1.29 is 4.79 Å². The van der Waals surface area contributed by atoms with Crippen molar-refractivity contribution in [3.8, 4) is 0 Å². The van der Waals surface area contributed by atoms with Gasteiger partial charge in [-0.15, -0.1) is 11.3 Å². The fraction of sp³-hybridized carbons (Fsp3) is 0.722. The Morgan fingerprint density at radius 3 is 2.68 bits per heavy atom. The Morgan fingerprint density at radius 1 is 1.24 bits per heavy atom. The predicted octanol–water partition coefficient (Wildman–Crippen LogP) is 2.59. The van der Waals surface area contributed by atoms with Gasteiger partial charge in [0.1, 0.15) is 5.01 Å². The number of rotatable bonds is 8. The Kier molecular flexibility index (Phi) is 8.72. The molecule has 7 heteroatoms. The van der Waals surface area contributed by atoms with Crippen LogP contribution >= 0.6 is 11.3 Å². The number of aryl methyl sites for hydroxylation is 1. The molecule has 1 aliphatic carbocycles. The first-order valence-electron chi connectivity index (χ1n) is 9.37. The van der Waals surface area contributed by atoms with E-state index in [0.717, 1.165) is 17.5 Å². The molecule has 1 heterocycles. The number of aromatic nitrogens is 1. The molecule has 1 saturated carbocycles. The van der Waals surface area contributed by atoms with Gasteiger partial charge in [0.2, 0.25) is 5.91 Å². The Labute approximate surface area is 154 Å². The molecular weight excluding hydrogens is 334 g/mol. The van der Waals surface area contributed by atoms with Crippen molar-refractivity contribution in [3.05, 3.63) is 16.1 Å². The van der Waals surface area contributed by atoms with Crippen molar-refractivity contribution in [2.45, 2.75) is 58.9 Å². The van der Waals surface area contributed by atoms with Gasteiger partial charge < -0.3 is 16.0 Å². The van der Waals surface area contributed by atoms with Crippen molar-refractivity contribution in [2.24, 2.45) is 10.9 Å². The molecule has 1 fully saturated rings. The molecule has 0 atom stereocenters. The molecular formula is C18H31N5OS. The SMILES string of the molecule is CCNC(=NCc1ncc(C)s1)NCCNC(=O)CC1CCCCC1. The van der Waals surface area contributed by atoms with Gasteiger partial charge in [-0.2, -0.15) is 0 Å². The third kappa shape index (κ3) is 7.86. The average molecular weight is 366 g/mol. The van der Waals surface area contributed by atoms with Gasteiger partial charge in [0.15, 0.2) is 5.96 Å². The van der Waals surface area contributed by atoms with Crippen molar-refractivity contribution in [3.63, 3.8) is 0 Å². The highest BCUT2D eigenvalue weighted by Gasteiger charge is 2.16. The molecule has 1 aliphatic rings. The summed E-state index contributed by atoms with van der Waals surface area (Å²) in [5.41, 5.74) is 0. The fourth-order valence-electron chi connectivity index (χ4n) is 3.07. The molecule has 0 unspecified atom stereocenters. The first-order valence-corrected chi connectivity index (χ1v) is 10.2. The van der Waals surface area contributed by atoms with Crippen LogP contribution in [0, 0.1) is 12.8 Å². The zero-order valence-corrected chi connectivity index (χ0v) is 16.3. The highest BCUT2D eigenvalue weighted by molar-refractivity contribution is 7.11. The third-order valence-corrected chi connectivity index (χ3v) is 5.22. The first-order chi connectivity index (χ1) is 12.2. The lowest BCUT2D eigenvalue weighted by Crippen LogP contribution is -2.41. The number of nitrogens with zero attached hydrogens (tertiary/aromatic N) is 2. The van der Waals surface area contributed by atoms with Crippen LogP contribution in [-0.2, 0) is 11.3 Å². The highest BCUT2D eigenvalue weighted by Crippen LogP contribution is 2.25. The second kappa shape index (κ2) is 11.1. The number of nitrogens with one attached hydrogen (secondary N) is 3. The summed E-state index contributed by atoms with van der Waals surface area (Å²) in [5, 5.41) is 10.5. The minimum Gasteiger partial charge on any atom is -0.357 e. The van der Waals surface area contributed by atoms with Gasteiger partial charge in [0.25, 0.3) is 0 Å². The van der Waals surface area contributed by atoms with Gasteiger partial charge in [-0.3, -0.25) is 4.79 Å². The van der Waals surface area contributed by atoms with Gasteiger partial charge >= 0.3 is 0 Å². The van der Waals surface area contributed by atoms with E-state index in [9.17, 15) is 4.79 Å². The number of carbonyl (C=O) groups excluding carboxylic acids is 1.